The Morgan fingerprint density at radius 2 is 1.84 bits per heavy atom. The van der Waals surface area contributed by atoms with Crippen molar-refractivity contribution in [3.63, 3.8) is 0 Å². The zero-order chi connectivity index (χ0) is 24.8. The number of benzene rings is 2. The summed E-state index contributed by atoms with van der Waals surface area (Å²) in [6.07, 6.45) is 8.77. The van der Waals surface area contributed by atoms with Gasteiger partial charge in [-0.2, -0.15) is 0 Å². The van der Waals surface area contributed by atoms with Gasteiger partial charge in [0.15, 0.2) is 5.65 Å². The third-order valence-electron chi connectivity index (χ3n) is 6.83. The lowest BCUT2D eigenvalue weighted by Crippen LogP contribution is -2.09. The van der Waals surface area contributed by atoms with Crippen LogP contribution in [-0.2, 0) is 19.4 Å². The van der Waals surface area contributed by atoms with Crippen LogP contribution in [0, 0.1) is 5.82 Å². The number of rotatable bonds is 6. The van der Waals surface area contributed by atoms with Gasteiger partial charge in [-0.25, -0.2) is 14.4 Å². The minimum absolute atomic E-state index is 0.259. The van der Waals surface area contributed by atoms with E-state index in [2.05, 4.69) is 37.0 Å². The Morgan fingerprint density at radius 3 is 2.76 bits per heavy atom. The van der Waals surface area contributed by atoms with Crippen molar-refractivity contribution in [2.24, 2.45) is 0 Å². The van der Waals surface area contributed by atoms with Gasteiger partial charge in [-0.05, 0) is 29.8 Å². The van der Waals surface area contributed by atoms with Crippen molar-refractivity contribution in [1.82, 2.24) is 29.0 Å². The fourth-order valence-electron chi connectivity index (χ4n) is 5.02. The lowest BCUT2D eigenvalue weighted by atomic mass is 10.0. The number of ether oxygens (including phenoxy) is 1. The highest BCUT2D eigenvalue weighted by Gasteiger charge is 2.20. The summed E-state index contributed by atoms with van der Waals surface area (Å²) in [5.74, 6) is 1.01. The van der Waals surface area contributed by atoms with Crippen molar-refractivity contribution >= 4 is 17.2 Å². The summed E-state index contributed by atoms with van der Waals surface area (Å²) in [6, 6.07) is 17.5. The van der Waals surface area contributed by atoms with Crippen LogP contribution < -0.4 is 10.1 Å². The molecular formula is C28H22FN7O. The van der Waals surface area contributed by atoms with Crippen LogP contribution in [0.2, 0.25) is 0 Å². The number of hydrogen-bond donors (Lipinski definition) is 1. The van der Waals surface area contributed by atoms with E-state index in [-0.39, 0.29) is 12.4 Å². The van der Waals surface area contributed by atoms with Gasteiger partial charge in [-0.1, -0.05) is 30.3 Å². The Kier molecular flexibility index (Phi) is 5.05. The van der Waals surface area contributed by atoms with E-state index in [4.69, 9.17) is 9.72 Å². The molecule has 9 heteroatoms. The summed E-state index contributed by atoms with van der Waals surface area (Å²) in [7, 11) is 0. The maximum Gasteiger partial charge on any atom is 0.210 e. The maximum atomic E-state index is 14.6. The summed E-state index contributed by atoms with van der Waals surface area (Å²) >= 11 is 0. The number of nitrogens with one attached hydrogen (secondary N) is 1. The van der Waals surface area contributed by atoms with E-state index in [1.807, 2.05) is 42.7 Å². The van der Waals surface area contributed by atoms with Gasteiger partial charge in [-0.3, -0.25) is 4.40 Å². The predicted octanol–water partition coefficient (Wildman–Crippen LogP) is 4.72. The van der Waals surface area contributed by atoms with Crippen LogP contribution in [0.3, 0.4) is 0 Å². The molecule has 0 aliphatic carbocycles. The molecule has 1 aliphatic heterocycles. The molecule has 0 atom stereocenters. The molecule has 0 unspecified atom stereocenters. The smallest absolute Gasteiger partial charge is 0.210 e. The number of hydrogen-bond acceptors (Lipinski definition) is 6. The number of aromatic nitrogens is 6. The number of imidazole rings is 1. The second kappa shape index (κ2) is 8.70. The average molecular weight is 492 g/mol. The lowest BCUT2D eigenvalue weighted by Gasteiger charge is -2.13. The highest BCUT2D eigenvalue weighted by molar-refractivity contribution is 5.86. The first kappa shape index (κ1) is 21.5. The van der Waals surface area contributed by atoms with Crippen molar-refractivity contribution in [1.29, 1.82) is 0 Å². The van der Waals surface area contributed by atoms with Gasteiger partial charge >= 0.3 is 0 Å². The normalized spacial score (nSPS) is 12.7. The number of fused-ring (bicyclic) bond motifs is 3. The topological polar surface area (TPSA) is 81.6 Å². The third kappa shape index (κ3) is 3.67. The van der Waals surface area contributed by atoms with Gasteiger partial charge in [0.25, 0.3) is 0 Å². The van der Waals surface area contributed by atoms with Crippen molar-refractivity contribution in [3.8, 4) is 16.9 Å². The molecular weight excluding hydrogens is 469 g/mol. The summed E-state index contributed by atoms with van der Waals surface area (Å²) in [5.41, 5.74) is 6.99. The molecule has 2 aromatic carbocycles. The van der Waals surface area contributed by atoms with Crippen LogP contribution in [0.5, 0.6) is 5.75 Å². The van der Waals surface area contributed by atoms with Crippen molar-refractivity contribution in [3.05, 3.63) is 108 Å². The summed E-state index contributed by atoms with van der Waals surface area (Å²) in [5, 5.41) is 11.8. The van der Waals surface area contributed by atoms with Crippen molar-refractivity contribution in [2.75, 3.05) is 11.9 Å². The van der Waals surface area contributed by atoms with E-state index in [1.54, 1.807) is 23.0 Å². The second-order valence-electron chi connectivity index (χ2n) is 9.00. The van der Waals surface area contributed by atoms with E-state index in [9.17, 15) is 4.39 Å². The Balaban J connectivity index is 1.24. The molecule has 0 bridgehead atoms. The second-order valence-corrected chi connectivity index (χ2v) is 9.00. The fourth-order valence-corrected chi connectivity index (χ4v) is 5.02. The van der Waals surface area contributed by atoms with E-state index in [0.29, 0.717) is 30.2 Å². The molecule has 4 aromatic heterocycles. The average Bonchev–Trinajstić information content (AvgIpc) is 3.69. The van der Waals surface area contributed by atoms with E-state index in [1.165, 1.54) is 11.6 Å². The molecule has 1 aliphatic rings. The Bertz CT molecular complexity index is 1760. The summed E-state index contributed by atoms with van der Waals surface area (Å²) < 4.78 is 24.1. The van der Waals surface area contributed by atoms with Crippen LogP contribution in [0.4, 0.5) is 10.3 Å². The van der Waals surface area contributed by atoms with Crippen LogP contribution >= 0.6 is 0 Å². The van der Waals surface area contributed by atoms with Gasteiger partial charge in [0.2, 0.25) is 5.95 Å². The van der Waals surface area contributed by atoms with E-state index in [0.717, 1.165) is 40.2 Å². The van der Waals surface area contributed by atoms with Gasteiger partial charge in [0.05, 0.1) is 6.61 Å². The Morgan fingerprint density at radius 1 is 0.919 bits per heavy atom. The minimum Gasteiger partial charge on any atom is -0.493 e. The molecule has 0 saturated carbocycles. The number of halogens is 1. The first-order chi connectivity index (χ1) is 18.3. The standard InChI is InChI=1S/C28H22FN7O/c29-24-8-9-25-20(10-12-37-25)22(24)15-31-28-32-16-23(27-34-33-17-36(27)28)21-7-4-11-35-19(14-30-26(21)35)13-18-5-2-1-3-6-18/h1-9,11,14,16-17H,10,12-13,15H2,(H,31,32). The minimum atomic E-state index is -0.259. The molecule has 5 heterocycles. The summed E-state index contributed by atoms with van der Waals surface area (Å²) in [6.45, 7) is 0.845. The van der Waals surface area contributed by atoms with Crippen molar-refractivity contribution in [2.45, 2.75) is 19.4 Å². The Hall–Kier alpha value is -4.79. The molecule has 0 spiro atoms. The molecule has 182 valence electrons. The van der Waals surface area contributed by atoms with Crippen LogP contribution in [0.15, 0.2) is 79.5 Å². The molecule has 0 amide bonds. The fraction of sp³-hybridized carbons (Fsp3) is 0.143. The van der Waals surface area contributed by atoms with Crippen LogP contribution in [-0.4, -0.2) is 35.6 Å². The van der Waals surface area contributed by atoms with Gasteiger partial charge in [-0.15, -0.1) is 10.2 Å². The molecule has 0 fully saturated rings. The van der Waals surface area contributed by atoms with Gasteiger partial charge < -0.3 is 14.5 Å². The molecule has 8 nitrogen and oxygen atoms in total. The van der Waals surface area contributed by atoms with Gasteiger partial charge in [0.1, 0.15) is 23.5 Å². The zero-order valence-electron chi connectivity index (χ0n) is 19.8. The van der Waals surface area contributed by atoms with Gasteiger partial charge in [0, 0.05) is 65.9 Å². The summed E-state index contributed by atoms with van der Waals surface area (Å²) in [4.78, 5) is 9.39. The first-order valence-electron chi connectivity index (χ1n) is 12.1. The zero-order valence-corrected chi connectivity index (χ0v) is 19.8. The maximum absolute atomic E-state index is 14.6. The number of nitrogens with zero attached hydrogens (tertiary/aromatic N) is 6. The predicted molar refractivity (Wildman–Crippen MR) is 137 cm³/mol. The third-order valence-corrected chi connectivity index (χ3v) is 6.83. The molecule has 7 rings (SSSR count). The molecule has 0 radical (unpaired) electrons. The van der Waals surface area contributed by atoms with Crippen LogP contribution in [0.1, 0.15) is 22.4 Å². The molecule has 0 saturated heterocycles. The molecule has 6 aromatic rings. The SMILES string of the molecule is Fc1ccc2c(c1CNc1ncc(-c3cccn4c(Cc5ccccc5)cnc34)c3nncn13)CCO2. The largest absolute Gasteiger partial charge is 0.493 e. The Labute approximate surface area is 211 Å². The highest BCUT2D eigenvalue weighted by atomic mass is 19.1. The quantitative estimate of drug-likeness (QED) is 0.363. The first-order valence-corrected chi connectivity index (χ1v) is 12.1. The van der Waals surface area contributed by atoms with Crippen molar-refractivity contribution < 1.29 is 9.13 Å². The van der Waals surface area contributed by atoms with E-state index < -0.39 is 0 Å². The number of anilines is 1. The van der Waals surface area contributed by atoms with E-state index >= 15 is 0 Å². The monoisotopic (exact) mass is 491 g/mol. The molecule has 1 N–H and O–H groups in total. The number of pyridine rings is 1. The molecule has 37 heavy (non-hydrogen) atoms. The highest BCUT2D eigenvalue weighted by Crippen LogP contribution is 2.32. The lowest BCUT2D eigenvalue weighted by molar-refractivity contribution is 0.356. The van der Waals surface area contributed by atoms with Crippen LogP contribution in [0.25, 0.3) is 22.4 Å².